The molecule has 0 spiro atoms. The zero-order chi connectivity index (χ0) is 12.2. The highest BCUT2D eigenvalue weighted by atomic mass is 79.9. The SMILES string of the molecule is CC(C)(C)C(CCO)Nc1ncc(Br)cn1. The van der Waals surface area contributed by atoms with Crippen LogP contribution in [0.25, 0.3) is 0 Å². The number of nitrogens with zero attached hydrogens (tertiary/aromatic N) is 2. The van der Waals surface area contributed by atoms with Gasteiger partial charge in [-0.2, -0.15) is 0 Å². The molecule has 0 aliphatic heterocycles. The molecule has 0 saturated carbocycles. The first-order valence-electron chi connectivity index (χ1n) is 5.28. The molecule has 0 aliphatic carbocycles. The monoisotopic (exact) mass is 287 g/mol. The molecule has 1 rings (SSSR count). The summed E-state index contributed by atoms with van der Waals surface area (Å²) in [5.41, 5.74) is 0.0547. The van der Waals surface area contributed by atoms with Crippen LogP contribution in [0.5, 0.6) is 0 Å². The van der Waals surface area contributed by atoms with Crippen molar-refractivity contribution in [1.29, 1.82) is 0 Å². The molecule has 2 N–H and O–H groups in total. The number of aliphatic hydroxyl groups excluding tert-OH is 1. The van der Waals surface area contributed by atoms with E-state index >= 15 is 0 Å². The lowest BCUT2D eigenvalue weighted by Crippen LogP contribution is -2.35. The van der Waals surface area contributed by atoms with Crippen molar-refractivity contribution in [3.8, 4) is 0 Å². The molecule has 1 heterocycles. The van der Waals surface area contributed by atoms with E-state index in [0.29, 0.717) is 12.4 Å². The summed E-state index contributed by atoms with van der Waals surface area (Å²) in [5, 5.41) is 12.3. The number of aromatic nitrogens is 2. The molecule has 0 bridgehead atoms. The van der Waals surface area contributed by atoms with E-state index < -0.39 is 0 Å². The van der Waals surface area contributed by atoms with Gasteiger partial charge in [-0.3, -0.25) is 0 Å². The average Bonchev–Trinajstić information content (AvgIpc) is 2.19. The number of nitrogens with one attached hydrogen (secondary N) is 1. The summed E-state index contributed by atoms with van der Waals surface area (Å²) in [6.07, 6.45) is 4.09. The number of hydrogen-bond donors (Lipinski definition) is 2. The molecule has 16 heavy (non-hydrogen) atoms. The Balaban J connectivity index is 2.72. The highest BCUT2D eigenvalue weighted by Gasteiger charge is 2.24. The summed E-state index contributed by atoms with van der Waals surface area (Å²) in [4.78, 5) is 8.33. The molecule has 1 aromatic heterocycles. The second kappa shape index (κ2) is 5.59. The molecular formula is C11H18BrN3O. The summed E-state index contributed by atoms with van der Waals surface area (Å²) in [6.45, 7) is 6.53. The molecule has 0 aliphatic rings. The van der Waals surface area contributed by atoms with Gasteiger partial charge in [0.1, 0.15) is 0 Å². The Labute approximate surface area is 105 Å². The van der Waals surface area contributed by atoms with E-state index in [2.05, 4.69) is 52.0 Å². The van der Waals surface area contributed by atoms with E-state index in [0.717, 1.165) is 4.47 Å². The van der Waals surface area contributed by atoms with Gasteiger partial charge in [-0.05, 0) is 27.8 Å². The lowest BCUT2D eigenvalue weighted by Gasteiger charge is -2.31. The van der Waals surface area contributed by atoms with Crippen molar-refractivity contribution in [2.45, 2.75) is 33.2 Å². The largest absolute Gasteiger partial charge is 0.396 e. The minimum atomic E-state index is 0.0547. The van der Waals surface area contributed by atoms with Gasteiger partial charge in [0.15, 0.2) is 0 Å². The molecule has 0 fully saturated rings. The van der Waals surface area contributed by atoms with Gasteiger partial charge in [0, 0.05) is 25.0 Å². The molecule has 4 nitrogen and oxygen atoms in total. The van der Waals surface area contributed by atoms with E-state index in [1.807, 2.05) is 0 Å². The number of rotatable bonds is 4. The summed E-state index contributed by atoms with van der Waals surface area (Å²) >= 11 is 3.29. The fourth-order valence-electron chi connectivity index (χ4n) is 1.39. The van der Waals surface area contributed by atoms with E-state index in [1.165, 1.54) is 0 Å². The molecular weight excluding hydrogens is 270 g/mol. The fraction of sp³-hybridized carbons (Fsp3) is 0.636. The third-order valence-corrected chi connectivity index (χ3v) is 2.80. The van der Waals surface area contributed by atoms with Crippen molar-refractivity contribution in [2.24, 2.45) is 5.41 Å². The number of hydrogen-bond acceptors (Lipinski definition) is 4. The van der Waals surface area contributed by atoms with Crippen LogP contribution < -0.4 is 5.32 Å². The maximum Gasteiger partial charge on any atom is 0.222 e. The van der Waals surface area contributed by atoms with Gasteiger partial charge in [-0.1, -0.05) is 20.8 Å². The quantitative estimate of drug-likeness (QED) is 0.893. The normalized spacial score (nSPS) is 13.6. The smallest absolute Gasteiger partial charge is 0.222 e. The number of anilines is 1. The fourth-order valence-corrected chi connectivity index (χ4v) is 1.60. The van der Waals surface area contributed by atoms with Crippen molar-refractivity contribution >= 4 is 21.9 Å². The molecule has 0 radical (unpaired) electrons. The minimum absolute atomic E-state index is 0.0547. The van der Waals surface area contributed by atoms with Crippen molar-refractivity contribution in [1.82, 2.24) is 9.97 Å². The third-order valence-electron chi connectivity index (χ3n) is 2.39. The highest BCUT2D eigenvalue weighted by molar-refractivity contribution is 9.10. The standard InChI is InChI=1S/C11H18BrN3O/c1-11(2,3)9(4-5-16)15-10-13-6-8(12)7-14-10/h6-7,9,16H,4-5H2,1-3H3,(H,13,14,15). The van der Waals surface area contributed by atoms with Crippen molar-refractivity contribution < 1.29 is 5.11 Å². The van der Waals surface area contributed by atoms with E-state index in [9.17, 15) is 0 Å². The summed E-state index contributed by atoms with van der Waals surface area (Å²) in [6, 6.07) is 0.152. The summed E-state index contributed by atoms with van der Waals surface area (Å²) < 4.78 is 0.854. The van der Waals surface area contributed by atoms with Crippen LogP contribution in [0.3, 0.4) is 0 Å². The van der Waals surface area contributed by atoms with Crippen molar-refractivity contribution in [3.05, 3.63) is 16.9 Å². The number of halogens is 1. The molecule has 0 amide bonds. The lowest BCUT2D eigenvalue weighted by molar-refractivity contribution is 0.235. The topological polar surface area (TPSA) is 58.0 Å². The highest BCUT2D eigenvalue weighted by Crippen LogP contribution is 2.24. The van der Waals surface area contributed by atoms with E-state index in [1.54, 1.807) is 12.4 Å². The van der Waals surface area contributed by atoms with Crippen LogP contribution in [0, 0.1) is 5.41 Å². The van der Waals surface area contributed by atoms with E-state index in [-0.39, 0.29) is 18.1 Å². The van der Waals surface area contributed by atoms with Gasteiger partial charge in [0.25, 0.3) is 0 Å². The van der Waals surface area contributed by atoms with Crippen LogP contribution in [-0.4, -0.2) is 27.7 Å². The second-order valence-corrected chi connectivity index (χ2v) is 5.72. The Morgan fingerprint density at radius 1 is 1.38 bits per heavy atom. The predicted octanol–water partition coefficient (Wildman–Crippen LogP) is 2.45. The Morgan fingerprint density at radius 2 is 1.94 bits per heavy atom. The van der Waals surface area contributed by atoms with Gasteiger partial charge < -0.3 is 10.4 Å². The van der Waals surface area contributed by atoms with Gasteiger partial charge >= 0.3 is 0 Å². The second-order valence-electron chi connectivity index (χ2n) is 4.80. The summed E-state index contributed by atoms with van der Waals surface area (Å²) in [7, 11) is 0. The van der Waals surface area contributed by atoms with Gasteiger partial charge in [-0.25, -0.2) is 9.97 Å². The minimum Gasteiger partial charge on any atom is -0.396 e. The lowest BCUT2D eigenvalue weighted by atomic mass is 9.85. The molecule has 5 heteroatoms. The zero-order valence-electron chi connectivity index (χ0n) is 9.87. The van der Waals surface area contributed by atoms with Crippen molar-refractivity contribution in [3.63, 3.8) is 0 Å². The maximum atomic E-state index is 9.03. The van der Waals surface area contributed by atoms with Crippen LogP contribution in [0.1, 0.15) is 27.2 Å². The summed E-state index contributed by atoms with van der Waals surface area (Å²) in [5.74, 6) is 0.594. The van der Waals surface area contributed by atoms with Crippen LogP contribution in [0.4, 0.5) is 5.95 Å². The van der Waals surface area contributed by atoms with Gasteiger partial charge in [0.2, 0.25) is 5.95 Å². The van der Waals surface area contributed by atoms with Crippen LogP contribution in [0.2, 0.25) is 0 Å². The first-order chi connectivity index (χ1) is 7.43. The van der Waals surface area contributed by atoms with Crippen LogP contribution in [-0.2, 0) is 0 Å². The molecule has 1 atom stereocenters. The van der Waals surface area contributed by atoms with Crippen molar-refractivity contribution in [2.75, 3.05) is 11.9 Å². The third kappa shape index (κ3) is 4.06. The Morgan fingerprint density at radius 3 is 2.38 bits per heavy atom. The number of aliphatic hydroxyl groups is 1. The molecule has 1 aromatic rings. The molecule has 0 aromatic carbocycles. The van der Waals surface area contributed by atoms with Gasteiger partial charge in [0.05, 0.1) is 4.47 Å². The average molecular weight is 288 g/mol. The maximum absolute atomic E-state index is 9.03. The van der Waals surface area contributed by atoms with Gasteiger partial charge in [-0.15, -0.1) is 0 Å². The molecule has 0 saturated heterocycles. The Kier molecular flexibility index (Phi) is 4.68. The Bertz CT molecular complexity index is 321. The van der Waals surface area contributed by atoms with Crippen LogP contribution >= 0.6 is 15.9 Å². The van der Waals surface area contributed by atoms with Crippen LogP contribution in [0.15, 0.2) is 16.9 Å². The molecule has 1 unspecified atom stereocenters. The first kappa shape index (κ1) is 13.4. The first-order valence-corrected chi connectivity index (χ1v) is 6.07. The Hall–Kier alpha value is -0.680. The van der Waals surface area contributed by atoms with E-state index in [4.69, 9.17) is 5.11 Å². The zero-order valence-corrected chi connectivity index (χ0v) is 11.5. The molecule has 90 valence electrons. The predicted molar refractivity (Wildman–Crippen MR) is 68.3 cm³/mol.